The molecule has 0 saturated carbocycles. The molecule has 0 aliphatic rings. The second kappa shape index (κ2) is 7.84. The molecule has 0 aliphatic carbocycles. The zero-order chi connectivity index (χ0) is 12.6. The van der Waals surface area contributed by atoms with E-state index in [1.807, 2.05) is 0 Å². The van der Waals surface area contributed by atoms with Crippen LogP contribution in [0.4, 0.5) is 0 Å². The van der Waals surface area contributed by atoms with E-state index in [0.717, 1.165) is 0 Å². The van der Waals surface area contributed by atoms with Gasteiger partial charge in [-0.05, 0) is 0 Å². The molecule has 0 saturated heterocycles. The third kappa shape index (κ3) is 5.47. The molecule has 92 valence electrons. The molecule has 2 atom stereocenters. The predicted octanol–water partition coefficient (Wildman–Crippen LogP) is -2.11. The molecule has 16 heavy (non-hydrogen) atoms. The van der Waals surface area contributed by atoms with E-state index in [0.29, 0.717) is 12.8 Å². The van der Waals surface area contributed by atoms with E-state index in [1.54, 1.807) is 12.2 Å². The van der Waals surface area contributed by atoms with Gasteiger partial charge in [0.05, 0.1) is 14.2 Å². The number of ether oxygens (including phenoxy) is 2. The van der Waals surface area contributed by atoms with E-state index in [-0.39, 0.29) is 11.9 Å². The maximum absolute atomic E-state index is 11.0. The lowest BCUT2D eigenvalue weighted by atomic mass is 10.1. The van der Waals surface area contributed by atoms with Crippen molar-refractivity contribution >= 4 is 11.9 Å². The van der Waals surface area contributed by atoms with Gasteiger partial charge in [0.25, 0.3) is 0 Å². The van der Waals surface area contributed by atoms with Gasteiger partial charge in [-0.25, -0.2) is 9.59 Å². The summed E-state index contributed by atoms with van der Waals surface area (Å²) >= 11 is 0. The van der Waals surface area contributed by atoms with Crippen LogP contribution < -0.4 is 11.5 Å². The number of quaternary nitrogens is 2. The molecule has 0 fully saturated rings. The zero-order valence-electron chi connectivity index (χ0n) is 9.77. The number of carbonyl (C=O) groups excluding carboxylic acids is 2. The van der Waals surface area contributed by atoms with Crippen LogP contribution >= 0.6 is 0 Å². The normalized spacial score (nSPS) is 14.5. The van der Waals surface area contributed by atoms with Gasteiger partial charge in [0.15, 0.2) is 12.1 Å². The minimum atomic E-state index is -0.414. The summed E-state index contributed by atoms with van der Waals surface area (Å²) in [7, 11) is 2.65. The average Bonchev–Trinajstić information content (AvgIpc) is 2.31. The van der Waals surface area contributed by atoms with Crippen molar-refractivity contribution in [3.63, 3.8) is 0 Å². The summed E-state index contributed by atoms with van der Waals surface area (Å²) in [4.78, 5) is 22.0. The fourth-order valence-electron chi connectivity index (χ4n) is 1.05. The monoisotopic (exact) mass is 232 g/mol. The highest BCUT2D eigenvalue weighted by atomic mass is 16.5. The SMILES string of the molecule is COC(=O)C([NH3+])C/C=C/CC([NH3+])C(=O)OC. The number of esters is 2. The number of methoxy groups -OCH3 is 2. The Morgan fingerprint density at radius 1 is 1.00 bits per heavy atom. The number of carbonyl (C=O) groups is 2. The van der Waals surface area contributed by atoms with Gasteiger partial charge < -0.3 is 20.9 Å². The maximum Gasteiger partial charge on any atom is 0.364 e. The summed E-state index contributed by atoms with van der Waals surface area (Å²) in [6.07, 6.45) is 4.55. The summed E-state index contributed by atoms with van der Waals surface area (Å²) in [5.41, 5.74) is 7.29. The quantitative estimate of drug-likeness (QED) is 0.403. The molecule has 0 aromatic carbocycles. The van der Waals surface area contributed by atoms with Crippen molar-refractivity contribution in [3.8, 4) is 0 Å². The fourth-order valence-corrected chi connectivity index (χ4v) is 1.05. The highest BCUT2D eigenvalue weighted by Gasteiger charge is 2.17. The van der Waals surface area contributed by atoms with Gasteiger partial charge in [-0.3, -0.25) is 0 Å². The van der Waals surface area contributed by atoms with E-state index in [9.17, 15) is 9.59 Å². The molecule has 6 N–H and O–H groups in total. The largest absolute Gasteiger partial charge is 0.465 e. The number of hydrogen-bond acceptors (Lipinski definition) is 4. The first-order valence-electron chi connectivity index (χ1n) is 4.99. The van der Waals surface area contributed by atoms with Crippen LogP contribution in [0.25, 0.3) is 0 Å². The molecule has 0 rings (SSSR count). The molecule has 0 aromatic rings. The Morgan fingerprint density at radius 2 is 1.31 bits per heavy atom. The molecule has 6 heteroatoms. The molecule has 0 amide bonds. The summed E-state index contributed by atoms with van der Waals surface area (Å²) in [5, 5.41) is 0. The smallest absolute Gasteiger partial charge is 0.364 e. The molecule has 6 nitrogen and oxygen atoms in total. The summed E-state index contributed by atoms with van der Waals surface area (Å²) in [6, 6.07) is -0.828. The Hall–Kier alpha value is -1.40. The zero-order valence-corrected chi connectivity index (χ0v) is 9.77. The lowest BCUT2D eigenvalue weighted by Crippen LogP contribution is -2.65. The van der Waals surface area contributed by atoms with Gasteiger partial charge in [0, 0.05) is 12.8 Å². The molecule has 0 radical (unpaired) electrons. The van der Waals surface area contributed by atoms with Crippen LogP contribution in [0, 0.1) is 0 Å². The summed E-state index contributed by atoms with van der Waals surface area (Å²) < 4.78 is 9.05. The number of hydrogen-bond donors (Lipinski definition) is 2. The van der Waals surface area contributed by atoms with Crippen LogP contribution in [0.15, 0.2) is 12.2 Å². The van der Waals surface area contributed by atoms with Crippen LogP contribution in [0.3, 0.4) is 0 Å². The first-order chi connectivity index (χ1) is 7.52. The van der Waals surface area contributed by atoms with E-state index in [1.165, 1.54) is 14.2 Å². The van der Waals surface area contributed by atoms with E-state index >= 15 is 0 Å². The second-order valence-electron chi connectivity index (χ2n) is 3.38. The molecule has 0 aliphatic heterocycles. The van der Waals surface area contributed by atoms with Crippen molar-refractivity contribution in [1.29, 1.82) is 0 Å². The minimum absolute atomic E-state index is 0.344. The van der Waals surface area contributed by atoms with Crippen molar-refractivity contribution in [2.45, 2.75) is 24.9 Å². The lowest BCUT2D eigenvalue weighted by molar-refractivity contribution is -0.408. The van der Waals surface area contributed by atoms with Gasteiger partial charge >= 0.3 is 11.9 Å². The van der Waals surface area contributed by atoms with E-state index in [2.05, 4.69) is 20.9 Å². The second-order valence-corrected chi connectivity index (χ2v) is 3.38. The molecule has 0 heterocycles. The molecular weight excluding hydrogens is 212 g/mol. The van der Waals surface area contributed by atoms with Crippen molar-refractivity contribution < 1.29 is 30.5 Å². The lowest BCUT2D eigenvalue weighted by Gasteiger charge is -2.03. The van der Waals surface area contributed by atoms with Crippen molar-refractivity contribution in [2.24, 2.45) is 0 Å². The van der Waals surface area contributed by atoms with Crippen LogP contribution in [0.2, 0.25) is 0 Å². The van der Waals surface area contributed by atoms with Gasteiger partial charge in [-0.1, -0.05) is 12.2 Å². The molecule has 2 unspecified atom stereocenters. The summed E-state index contributed by atoms with van der Waals surface area (Å²) in [6.45, 7) is 0. The predicted molar refractivity (Wildman–Crippen MR) is 55.8 cm³/mol. The minimum Gasteiger partial charge on any atom is -0.465 e. The topological polar surface area (TPSA) is 108 Å². The molecular formula is C10H20N2O4+2. The maximum atomic E-state index is 11.0. The van der Waals surface area contributed by atoms with E-state index in [4.69, 9.17) is 0 Å². The van der Waals surface area contributed by atoms with Gasteiger partial charge in [0.2, 0.25) is 0 Å². The van der Waals surface area contributed by atoms with Crippen LogP contribution in [0.5, 0.6) is 0 Å². The molecule has 0 aromatic heterocycles. The van der Waals surface area contributed by atoms with Crippen LogP contribution in [0.1, 0.15) is 12.8 Å². The van der Waals surface area contributed by atoms with Gasteiger partial charge in [-0.2, -0.15) is 0 Å². The third-order valence-electron chi connectivity index (χ3n) is 2.08. The standard InChI is InChI=1S/C10H18N2O4/c1-15-9(13)7(11)5-3-4-6-8(12)10(14)16-2/h3-4,7-8H,5-6,11-12H2,1-2H3/p+2/b4-3+. The highest BCUT2D eigenvalue weighted by molar-refractivity contribution is 5.74. The Morgan fingerprint density at radius 3 is 1.56 bits per heavy atom. The van der Waals surface area contributed by atoms with Crippen LogP contribution in [-0.4, -0.2) is 38.2 Å². The van der Waals surface area contributed by atoms with Gasteiger partial charge in [0.1, 0.15) is 0 Å². The Kier molecular flexibility index (Phi) is 7.15. The Bertz CT molecular complexity index is 240. The van der Waals surface area contributed by atoms with Crippen molar-refractivity contribution in [1.82, 2.24) is 0 Å². The fraction of sp³-hybridized carbons (Fsp3) is 0.600. The van der Waals surface area contributed by atoms with Gasteiger partial charge in [-0.15, -0.1) is 0 Å². The van der Waals surface area contributed by atoms with Crippen molar-refractivity contribution in [3.05, 3.63) is 12.2 Å². The summed E-state index contributed by atoms with van der Waals surface area (Å²) in [5.74, 6) is -0.687. The first kappa shape index (κ1) is 14.6. The van der Waals surface area contributed by atoms with E-state index < -0.39 is 12.1 Å². The first-order valence-corrected chi connectivity index (χ1v) is 4.99. The Balaban J connectivity index is 3.86. The molecule has 0 spiro atoms. The third-order valence-corrected chi connectivity index (χ3v) is 2.08. The van der Waals surface area contributed by atoms with Crippen LogP contribution in [-0.2, 0) is 19.1 Å². The highest BCUT2D eigenvalue weighted by Crippen LogP contribution is 1.95. The number of rotatable bonds is 6. The Labute approximate surface area is 94.6 Å². The van der Waals surface area contributed by atoms with Crippen molar-refractivity contribution in [2.75, 3.05) is 14.2 Å². The average molecular weight is 232 g/mol. The molecule has 0 bridgehead atoms.